The van der Waals surface area contributed by atoms with Gasteiger partial charge in [-0.1, -0.05) is 49.0 Å². The van der Waals surface area contributed by atoms with Crippen LogP contribution in [0.2, 0.25) is 0 Å². The Bertz CT molecular complexity index is 924. The molecular formula is C17H17N3O4S. The molecule has 0 atom stereocenters. The number of nitrogens with two attached hydrogens (primary N) is 1. The van der Waals surface area contributed by atoms with E-state index in [1.54, 1.807) is 12.1 Å². The van der Waals surface area contributed by atoms with Crippen LogP contribution in [0.4, 0.5) is 0 Å². The zero-order valence-electron chi connectivity index (χ0n) is 13.5. The molecule has 0 aliphatic rings. The molecule has 1 amide bonds. The van der Waals surface area contributed by atoms with E-state index in [4.69, 9.17) is 11.1 Å². The van der Waals surface area contributed by atoms with E-state index in [0.717, 1.165) is 11.8 Å². The first-order valence-corrected chi connectivity index (χ1v) is 8.93. The molecule has 2 aromatic carbocycles. The van der Waals surface area contributed by atoms with Crippen molar-refractivity contribution in [1.29, 1.82) is 5.41 Å². The van der Waals surface area contributed by atoms with Crippen LogP contribution < -0.4 is 5.73 Å². The van der Waals surface area contributed by atoms with Gasteiger partial charge in [0.15, 0.2) is 0 Å². The predicted molar refractivity (Wildman–Crippen MR) is 95.0 cm³/mol. The van der Waals surface area contributed by atoms with Gasteiger partial charge in [0.2, 0.25) is 5.96 Å². The lowest BCUT2D eigenvalue weighted by atomic mass is 9.98. The van der Waals surface area contributed by atoms with Gasteiger partial charge in [0.05, 0.1) is 6.26 Å². The first kappa shape index (κ1) is 18.4. The molecule has 2 rings (SSSR count). The first-order chi connectivity index (χ1) is 11.7. The smallest absolute Gasteiger partial charge is 0.286 e. The van der Waals surface area contributed by atoms with E-state index in [1.807, 2.05) is 30.3 Å². The number of guanidine groups is 1. The number of amides is 1. The lowest BCUT2D eigenvalue weighted by Crippen LogP contribution is -2.42. The Hall–Kier alpha value is -2.97. The number of carbonyl (C=O) groups is 1. The lowest BCUT2D eigenvalue weighted by molar-refractivity contribution is 0.0201. The number of hydroxylamine groups is 2. The maximum absolute atomic E-state index is 12.5. The van der Waals surface area contributed by atoms with Crippen molar-refractivity contribution in [2.45, 2.75) is 0 Å². The Morgan fingerprint density at radius 3 is 2.20 bits per heavy atom. The van der Waals surface area contributed by atoms with E-state index in [1.165, 1.54) is 12.1 Å². The molecule has 130 valence electrons. The van der Waals surface area contributed by atoms with Gasteiger partial charge < -0.3 is 5.73 Å². The molecule has 3 N–H and O–H groups in total. The Kier molecular flexibility index (Phi) is 5.35. The van der Waals surface area contributed by atoms with E-state index in [2.05, 4.69) is 10.9 Å². The van der Waals surface area contributed by atoms with Gasteiger partial charge in [-0.05, 0) is 28.8 Å². The number of hydrogen-bond acceptors (Lipinski definition) is 5. The molecule has 0 unspecified atom stereocenters. The Balaban J connectivity index is 2.35. The van der Waals surface area contributed by atoms with Crippen LogP contribution in [-0.4, -0.2) is 31.6 Å². The second-order valence-electron chi connectivity index (χ2n) is 5.19. The molecule has 0 fully saturated rings. The molecule has 0 saturated carbocycles. The molecule has 7 nitrogen and oxygen atoms in total. The molecule has 0 aliphatic heterocycles. The fourth-order valence-corrected chi connectivity index (χ4v) is 2.50. The van der Waals surface area contributed by atoms with Crippen molar-refractivity contribution in [3.05, 3.63) is 77.9 Å². The third-order valence-corrected chi connectivity index (χ3v) is 3.61. The van der Waals surface area contributed by atoms with Crippen molar-refractivity contribution in [3.63, 3.8) is 0 Å². The summed E-state index contributed by atoms with van der Waals surface area (Å²) in [6.45, 7) is 4.02. The van der Waals surface area contributed by atoms with Crippen LogP contribution in [0, 0.1) is 5.41 Å². The zero-order valence-corrected chi connectivity index (χ0v) is 14.3. The second kappa shape index (κ2) is 7.29. The molecule has 0 spiro atoms. The number of benzene rings is 2. The zero-order chi connectivity index (χ0) is 18.6. The second-order valence-corrected chi connectivity index (χ2v) is 6.75. The van der Waals surface area contributed by atoms with Crippen molar-refractivity contribution >= 4 is 27.6 Å². The number of hydrogen-bond donors (Lipinski definition) is 2. The molecule has 8 heteroatoms. The summed E-state index contributed by atoms with van der Waals surface area (Å²) >= 11 is 0. The van der Waals surface area contributed by atoms with Gasteiger partial charge in [0, 0.05) is 5.56 Å². The van der Waals surface area contributed by atoms with Crippen molar-refractivity contribution in [2.75, 3.05) is 6.26 Å². The van der Waals surface area contributed by atoms with E-state index < -0.39 is 22.0 Å². The SMILES string of the molecule is C=C(c1ccccc1)c1cccc(C(=O)N(OS(C)(=O)=O)C(=N)N)c1. The average Bonchev–Trinajstić information content (AvgIpc) is 2.58. The quantitative estimate of drug-likeness (QED) is 0.481. The summed E-state index contributed by atoms with van der Waals surface area (Å²) in [5, 5.41) is 7.58. The number of carbonyl (C=O) groups excluding carboxylic acids is 1. The Labute approximate surface area is 145 Å². The molecule has 0 radical (unpaired) electrons. The topological polar surface area (TPSA) is 114 Å². The van der Waals surface area contributed by atoms with Crippen molar-refractivity contribution in [1.82, 2.24) is 5.06 Å². The van der Waals surface area contributed by atoms with Crippen LogP contribution in [0.3, 0.4) is 0 Å². The Morgan fingerprint density at radius 2 is 1.64 bits per heavy atom. The normalized spacial score (nSPS) is 10.9. The van der Waals surface area contributed by atoms with Gasteiger partial charge >= 0.3 is 0 Å². The molecule has 0 aliphatic carbocycles. The lowest BCUT2D eigenvalue weighted by Gasteiger charge is -2.18. The van der Waals surface area contributed by atoms with Crippen molar-refractivity contribution in [3.8, 4) is 0 Å². The van der Waals surface area contributed by atoms with E-state index in [9.17, 15) is 13.2 Å². The monoisotopic (exact) mass is 359 g/mol. The van der Waals surface area contributed by atoms with Gasteiger partial charge in [-0.15, -0.1) is 9.35 Å². The molecule has 0 aromatic heterocycles. The molecular weight excluding hydrogens is 342 g/mol. The van der Waals surface area contributed by atoms with Crippen LogP contribution in [0.1, 0.15) is 21.5 Å². The minimum Gasteiger partial charge on any atom is -0.368 e. The van der Waals surface area contributed by atoms with Crippen molar-refractivity contribution < 1.29 is 17.5 Å². The van der Waals surface area contributed by atoms with Crippen LogP contribution in [0.25, 0.3) is 5.57 Å². The average molecular weight is 359 g/mol. The van der Waals surface area contributed by atoms with E-state index in [0.29, 0.717) is 11.1 Å². The predicted octanol–water partition coefficient (Wildman–Crippen LogP) is 1.97. The van der Waals surface area contributed by atoms with Gasteiger partial charge in [0.25, 0.3) is 16.0 Å². The summed E-state index contributed by atoms with van der Waals surface area (Å²) < 4.78 is 27.0. The van der Waals surface area contributed by atoms with Crippen molar-refractivity contribution in [2.24, 2.45) is 5.73 Å². The number of rotatable bonds is 5. The summed E-state index contributed by atoms with van der Waals surface area (Å²) in [5.41, 5.74) is 7.59. The Morgan fingerprint density at radius 1 is 1.08 bits per heavy atom. The van der Waals surface area contributed by atoms with Crippen LogP contribution in [0.15, 0.2) is 61.2 Å². The molecule has 2 aromatic rings. The summed E-state index contributed by atoms with van der Waals surface area (Å²) in [4.78, 5) is 12.5. The molecule has 0 bridgehead atoms. The maximum Gasteiger partial charge on any atom is 0.286 e. The highest BCUT2D eigenvalue weighted by molar-refractivity contribution is 7.85. The summed E-state index contributed by atoms with van der Waals surface area (Å²) in [7, 11) is -4.02. The first-order valence-electron chi connectivity index (χ1n) is 7.12. The number of nitrogens with one attached hydrogen (secondary N) is 1. The standard InChI is InChI=1S/C17H17N3O4S/c1-12(13-7-4-3-5-8-13)14-9-6-10-15(11-14)16(21)20(17(18)19)24-25(2,22)23/h3-11H,1H2,2H3,(H3,18,19). The summed E-state index contributed by atoms with van der Waals surface area (Å²) in [6, 6.07) is 15.8. The van der Waals surface area contributed by atoms with Gasteiger partial charge in [-0.25, -0.2) is 0 Å². The molecule has 0 saturated heterocycles. The van der Waals surface area contributed by atoms with Gasteiger partial charge in [0.1, 0.15) is 0 Å². The fraction of sp³-hybridized carbons (Fsp3) is 0.0588. The minimum absolute atomic E-state index is 0.105. The van der Waals surface area contributed by atoms with Crippen LogP contribution in [-0.2, 0) is 14.4 Å². The van der Waals surface area contributed by atoms with Gasteiger partial charge in [-0.3, -0.25) is 10.2 Å². The summed E-state index contributed by atoms with van der Waals surface area (Å²) in [5.74, 6) is -1.72. The highest BCUT2D eigenvalue weighted by Crippen LogP contribution is 2.22. The van der Waals surface area contributed by atoms with Gasteiger partial charge in [-0.2, -0.15) is 8.42 Å². The number of nitrogens with zero attached hydrogens (tertiary/aromatic N) is 1. The molecule has 0 heterocycles. The van der Waals surface area contributed by atoms with E-state index in [-0.39, 0.29) is 10.6 Å². The molecule has 25 heavy (non-hydrogen) atoms. The highest BCUT2D eigenvalue weighted by atomic mass is 32.2. The summed E-state index contributed by atoms with van der Waals surface area (Å²) in [6.07, 6.45) is 0.754. The third-order valence-electron chi connectivity index (χ3n) is 3.19. The minimum atomic E-state index is -4.02. The van der Waals surface area contributed by atoms with E-state index >= 15 is 0 Å². The van der Waals surface area contributed by atoms with Crippen LogP contribution in [0.5, 0.6) is 0 Å². The highest BCUT2D eigenvalue weighted by Gasteiger charge is 2.24. The fourth-order valence-electron chi connectivity index (χ4n) is 2.08. The third kappa shape index (κ3) is 4.75. The van der Waals surface area contributed by atoms with Crippen LogP contribution >= 0.6 is 0 Å². The maximum atomic E-state index is 12.5. The largest absolute Gasteiger partial charge is 0.368 e.